The van der Waals surface area contributed by atoms with Crippen molar-refractivity contribution in [3.63, 3.8) is 0 Å². The van der Waals surface area contributed by atoms with Gasteiger partial charge < -0.3 is 4.12 Å². The molecule has 0 aliphatic rings. The van der Waals surface area contributed by atoms with Crippen LogP contribution in [0.3, 0.4) is 0 Å². The summed E-state index contributed by atoms with van der Waals surface area (Å²) < 4.78 is 6.61. The van der Waals surface area contributed by atoms with Gasteiger partial charge in [-0.25, -0.2) is 0 Å². The molecule has 0 fully saturated rings. The van der Waals surface area contributed by atoms with Crippen molar-refractivity contribution < 1.29 is 4.12 Å². The number of hydrogen-bond acceptors (Lipinski definition) is 1. The fourth-order valence-corrected chi connectivity index (χ4v) is 15.5. The molecular weight excluding hydrogens is 324 g/mol. The van der Waals surface area contributed by atoms with Gasteiger partial charge in [0.15, 0.2) is 16.6 Å². The first-order chi connectivity index (χ1) is 7.68. The fraction of sp³-hybridized carbons (Fsp3) is 1.00. The number of alkyl halides is 1. The lowest BCUT2D eigenvalue weighted by atomic mass is 10.4. The first kappa shape index (κ1) is 18.1. The van der Waals surface area contributed by atoms with E-state index in [1.54, 1.807) is 0 Å². The summed E-state index contributed by atoms with van der Waals surface area (Å²) in [4.78, 5) is 0. The number of rotatable bonds is 9. The lowest BCUT2D eigenvalue weighted by molar-refractivity contribution is 0.535. The molecule has 0 aromatic rings. The van der Waals surface area contributed by atoms with Gasteiger partial charge in [-0.3, -0.25) is 0 Å². The molecule has 0 saturated heterocycles. The second-order valence-corrected chi connectivity index (χ2v) is 19.7. The van der Waals surface area contributed by atoms with E-state index < -0.39 is 25.4 Å². The SMILES string of the molecule is C[SiH](C)CC[Si](C)(C)O[Si](C)(C)CCCCBr. The Bertz CT molecular complexity index is 208. The van der Waals surface area contributed by atoms with Crippen LogP contribution in [0.25, 0.3) is 0 Å². The third-order valence-corrected chi connectivity index (χ3v) is 13.1. The summed E-state index contributed by atoms with van der Waals surface area (Å²) in [6, 6.07) is 4.17. The zero-order chi connectivity index (χ0) is 13.5. The van der Waals surface area contributed by atoms with Gasteiger partial charge in [0, 0.05) is 14.1 Å². The van der Waals surface area contributed by atoms with Crippen molar-refractivity contribution in [2.24, 2.45) is 0 Å². The van der Waals surface area contributed by atoms with E-state index in [0.717, 1.165) is 5.33 Å². The topological polar surface area (TPSA) is 9.23 Å². The minimum absolute atomic E-state index is 0.402. The molecule has 1 nitrogen and oxygen atoms in total. The van der Waals surface area contributed by atoms with Gasteiger partial charge >= 0.3 is 0 Å². The first-order valence-electron chi connectivity index (χ1n) is 6.95. The Hall–Kier alpha value is 1.09. The molecule has 0 rings (SSSR count). The molecule has 0 aliphatic carbocycles. The molecular formula is C12H31BrOSi3. The monoisotopic (exact) mass is 354 g/mol. The standard InChI is InChI=1S/C12H31BrOSi3/c1-15(2)10-12-17(5,6)14-16(3,4)11-8-7-9-13/h15H,7-12H2,1-6H3. The Morgan fingerprint density at radius 1 is 0.941 bits per heavy atom. The van der Waals surface area contributed by atoms with Crippen LogP contribution in [0.5, 0.6) is 0 Å². The molecule has 0 heterocycles. The van der Waals surface area contributed by atoms with Gasteiger partial charge in [0.25, 0.3) is 0 Å². The minimum Gasteiger partial charge on any atom is -0.456 e. The molecule has 0 spiro atoms. The summed E-state index contributed by atoms with van der Waals surface area (Å²) >= 11 is 3.51. The summed E-state index contributed by atoms with van der Waals surface area (Å²) in [5.41, 5.74) is 0. The molecule has 5 heteroatoms. The third-order valence-electron chi connectivity index (χ3n) is 3.04. The molecule has 0 radical (unpaired) electrons. The second kappa shape index (κ2) is 8.30. The maximum Gasteiger partial charge on any atom is 0.173 e. The molecule has 0 atom stereocenters. The van der Waals surface area contributed by atoms with Crippen LogP contribution in [0.1, 0.15) is 12.8 Å². The van der Waals surface area contributed by atoms with Gasteiger partial charge in [-0.1, -0.05) is 41.5 Å². The molecule has 0 aromatic carbocycles. The predicted molar refractivity (Wildman–Crippen MR) is 92.4 cm³/mol. The highest BCUT2D eigenvalue weighted by Gasteiger charge is 2.32. The van der Waals surface area contributed by atoms with E-state index in [1.165, 1.54) is 31.0 Å². The molecule has 104 valence electrons. The highest BCUT2D eigenvalue weighted by molar-refractivity contribution is 9.09. The molecule has 0 aliphatic heterocycles. The van der Waals surface area contributed by atoms with Crippen molar-refractivity contribution in [3.8, 4) is 0 Å². The first-order valence-corrected chi connectivity index (χ1v) is 17.4. The van der Waals surface area contributed by atoms with Gasteiger partial charge in [0.05, 0.1) is 0 Å². The average Bonchev–Trinajstić information content (AvgIpc) is 2.13. The molecule has 0 amide bonds. The van der Waals surface area contributed by atoms with E-state index in [2.05, 4.69) is 55.2 Å². The molecule has 17 heavy (non-hydrogen) atoms. The summed E-state index contributed by atoms with van der Waals surface area (Å²) in [7, 11) is -3.17. The van der Waals surface area contributed by atoms with Crippen LogP contribution in [0.15, 0.2) is 0 Å². The molecule has 0 bridgehead atoms. The van der Waals surface area contributed by atoms with Gasteiger partial charge in [-0.05, 0) is 44.7 Å². The maximum atomic E-state index is 6.61. The van der Waals surface area contributed by atoms with Crippen molar-refractivity contribution in [1.82, 2.24) is 0 Å². The van der Waals surface area contributed by atoms with Crippen LogP contribution in [0.4, 0.5) is 0 Å². The van der Waals surface area contributed by atoms with Gasteiger partial charge in [0.2, 0.25) is 0 Å². The lowest BCUT2D eigenvalue weighted by Crippen LogP contribution is -2.44. The Morgan fingerprint density at radius 2 is 1.47 bits per heavy atom. The third kappa shape index (κ3) is 10.7. The van der Waals surface area contributed by atoms with Gasteiger partial charge in [-0.2, -0.15) is 0 Å². The van der Waals surface area contributed by atoms with Crippen LogP contribution >= 0.6 is 15.9 Å². The number of unbranched alkanes of at least 4 members (excludes halogenated alkanes) is 1. The van der Waals surface area contributed by atoms with Crippen LogP contribution < -0.4 is 0 Å². The molecule has 0 saturated carbocycles. The van der Waals surface area contributed by atoms with E-state index in [9.17, 15) is 0 Å². The summed E-state index contributed by atoms with van der Waals surface area (Å²) in [5.74, 6) is 0. The van der Waals surface area contributed by atoms with Crippen molar-refractivity contribution in [3.05, 3.63) is 0 Å². The van der Waals surface area contributed by atoms with E-state index in [1.807, 2.05) is 0 Å². The van der Waals surface area contributed by atoms with E-state index in [-0.39, 0.29) is 0 Å². The molecule has 0 unspecified atom stereocenters. The Morgan fingerprint density at radius 3 is 1.94 bits per heavy atom. The molecule has 0 N–H and O–H groups in total. The zero-order valence-electron chi connectivity index (χ0n) is 12.6. The quantitative estimate of drug-likeness (QED) is 0.318. The van der Waals surface area contributed by atoms with Crippen molar-refractivity contribution in [2.75, 3.05) is 5.33 Å². The smallest absolute Gasteiger partial charge is 0.173 e. The fourth-order valence-electron chi connectivity index (χ4n) is 2.13. The van der Waals surface area contributed by atoms with E-state index >= 15 is 0 Å². The molecule has 0 aromatic heterocycles. The van der Waals surface area contributed by atoms with Crippen molar-refractivity contribution in [2.45, 2.75) is 70.3 Å². The van der Waals surface area contributed by atoms with E-state index in [4.69, 9.17) is 4.12 Å². The highest BCUT2D eigenvalue weighted by Crippen LogP contribution is 2.25. The van der Waals surface area contributed by atoms with Crippen LogP contribution in [0, 0.1) is 0 Å². The van der Waals surface area contributed by atoms with Crippen LogP contribution in [0.2, 0.25) is 57.4 Å². The largest absolute Gasteiger partial charge is 0.456 e. The second-order valence-electron chi connectivity index (χ2n) is 6.70. The van der Waals surface area contributed by atoms with Crippen LogP contribution in [-0.4, -0.2) is 30.8 Å². The predicted octanol–water partition coefficient (Wildman–Crippen LogP) is 5.08. The van der Waals surface area contributed by atoms with Gasteiger partial charge in [0.1, 0.15) is 0 Å². The number of halogens is 1. The van der Waals surface area contributed by atoms with Crippen LogP contribution in [-0.2, 0) is 4.12 Å². The summed E-state index contributed by atoms with van der Waals surface area (Å²) in [6.45, 7) is 14.5. The number of hydrogen-bond donors (Lipinski definition) is 0. The van der Waals surface area contributed by atoms with Gasteiger partial charge in [-0.15, -0.1) is 0 Å². The summed E-state index contributed by atoms with van der Waals surface area (Å²) in [5, 5.41) is 1.14. The highest BCUT2D eigenvalue weighted by atomic mass is 79.9. The maximum absolute atomic E-state index is 6.61. The Balaban J connectivity index is 4.08. The minimum atomic E-state index is -1.39. The Kier molecular flexibility index (Phi) is 8.83. The average molecular weight is 356 g/mol. The zero-order valence-corrected chi connectivity index (χ0v) is 17.3. The Labute approximate surface area is 121 Å². The van der Waals surface area contributed by atoms with Crippen molar-refractivity contribution >= 4 is 41.4 Å². The lowest BCUT2D eigenvalue weighted by Gasteiger charge is -2.34. The van der Waals surface area contributed by atoms with E-state index in [0.29, 0.717) is 0 Å². The normalized spacial score (nSPS) is 13.4. The summed E-state index contributed by atoms with van der Waals surface area (Å²) in [6.07, 6.45) is 2.62. The van der Waals surface area contributed by atoms with Crippen molar-refractivity contribution in [1.29, 1.82) is 0 Å².